The first-order chi connectivity index (χ1) is 12.5. The number of morpholine rings is 1. The number of sulfonamides is 1. The van der Waals surface area contributed by atoms with Gasteiger partial charge in [0.05, 0.1) is 25.0 Å². The first kappa shape index (κ1) is 17.4. The highest BCUT2D eigenvalue weighted by atomic mass is 32.2. The molecule has 2 aromatic heterocycles. The number of pyridine rings is 2. The van der Waals surface area contributed by atoms with Gasteiger partial charge in [-0.05, 0) is 12.1 Å². The number of ether oxygens (including phenoxy) is 1. The molecule has 4 rings (SSSR count). The number of hydrogen-bond acceptors (Lipinski definition) is 7. The highest BCUT2D eigenvalue weighted by molar-refractivity contribution is 7.88. The van der Waals surface area contributed by atoms with Gasteiger partial charge in [0, 0.05) is 56.9 Å². The molecule has 2 aromatic rings. The lowest BCUT2D eigenvalue weighted by molar-refractivity contribution is 0.122. The van der Waals surface area contributed by atoms with Crippen LogP contribution in [0.3, 0.4) is 0 Å². The van der Waals surface area contributed by atoms with Crippen molar-refractivity contribution < 1.29 is 13.2 Å². The van der Waals surface area contributed by atoms with Crippen molar-refractivity contribution >= 4 is 32.6 Å². The molecular formula is C17H23N5O3S. The van der Waals surface area contributed by atoms with Crippen LogP contribution in [0.5, 0.6) is 0 Å². The molecule has 0 atom stereocenters. The first-order valence-corrected chi connectivity index (χ1v) is 10.7. The Morgan fingerprint density at radius 3 is 2.46 bits per heavy atom. The minimum atomic E-state index is -3.15. The van der Waals surface area contributed by atoms with E-state index in [0.717, 1.165) is 35.6 Å². The Bertz CT molecular complexity index is 890. The fourth-order valence-electron chi connectivity index (χ4n) is 3.47. The molecule has 9 heteroatoms. The van der Waals surface area contributed by atoms with Crippen LogP contribution in [0.1, 0.15) is 0 Å². The molecule has 0 unspecified atom stereocenters. The Labute approximate surface area is 153 Å². The van der Waals surface area contributed by atoms with E-state index in [4.69, 9.17) is 9.72 Å². The Morgan fingerprint density at radius 2 is 1.77 bits per heavy atom. The normalized spacial score (nSPS) is 19.9. The molecule has 2 aliphatic heterocycles. The zero-order valence-corrected chi connectivity index (χ0v) is 15.7. The number of nitrogens with zero attached hydrogens (tertiary/aromatic N) is 5. The monoisotopic (exact) mass is 377 g/mol. The van der Waals surface area contributed by atoms with Crippen LogP contribution in [0.15, 0.2) is 24.4 Å². The van der Waals surface area contributed by atoms with Gasteiger partial charge in [-0.25, -0.2) is 13.4 Å². The van der Waals surface area contributed by atoms with E-state index < -0.39 is 10.0 Å². The van der Waals surface area contributed by atoms with Gasteiger partial charge in [0.1, 0.15) is 11.6 Å². The highest BCUT2D eigenvalue weighted by Crippen LogP contribution is 2.29. The Hall–Kier alpha value is -1.97. The SMILES string of the molecule is CS(=O)(=O)N1CCN(c2nc(N3CCOCC3)cc3ncccc23)CC1. The third-order valence-electron chi connectivity index (χ3n) is 4.91. The highest BCUT2D eigenvalue weighted by Gasteiger charge is 2.26. The predicted molar refractivity (Wildman–Crippen MR) is 101 cm³/mol. The summed E-state index contributed by atoms with van der Waals surface area (Å²) in [7, 11) is -3.15. The summed E-state index contributed by atoms with van der Waals surface area (Å²) in [4.78, 5) is 13.8. The number of rotatable bonds is 3. The number of fused-ring (bicyclic) bond motifs is 1. The van der Waals surface area contributed by atoms with Crippen molar-refractivity contribution in [2.24, 2.45) is 0 Å². The summed E-state index contributed by atoms with van der Waals surface area (Å²) in [5, 5.41) is 0.998. The van der Waals surface area contributed by atoms with E-state index in [1.54, 1.807) is 6.20 Å². The van der Waals surface area contributed by atoms with Crippen LogP contribution in [0.4, 0.5) is 11.6 Å². The van der Waals surface area contributed by atoms with Crippen LogP contribution < -0.4 is 9.80 Å². The van der Waals surface area contributed by atoms with Crippen molar-refractivity contribution in [3.63, 3.8) is 0 Å². The van der Waals surface area contributed by atoms with Gasteiger partial charge in [-0.2, -0.15) is 4.31 Å². The van der Waals surface area contributed by atoms with Gasteiger partial charge in [0.25, 0.3) is 0 Å². The van der Waals surface area contributed by atoms with Crippen LogP contribution in [0.25, 0.3) is 10.9 Å². The quantitative estimate of drug-likeness (QED) is 0.773. The number of anilines is 2. The maximum atomic E-state index is 11.8. The second-order valence-corrected chi connectivity index (χ2v) is 8.61. The maximum absolute atomic E-state index is 11.8. The lowest BCUT2D eigenvalue weighted by atomic mass is 10.2. The van der Waals surface area contributed by atoms with Gasteiger partial charge < -0.3 is 14.5 Å². The summed E-state index contributed by atoms with van der Waals surface area (Å²) in [6, 6.07) is 5.96. The van der Waals surface area contributed by atoms with E-state index in [1.165, 1.54) is 10.6 Å². The smallest absolute Gasteiger partial charge is 0.211 e. The summed E-state index contributed by atoms with van der Waals surface area (Å²) in [6.45, 7) is 5.22. The zero-order valence-electron chi connectivity index (χ0n) is 14.8. The second kappa shape index (κ2) is 6.98. The van der Waals surface area contributed by atoms with Gasteiger partial charge in [-0.1, -0.05) is 0 Å². The molecule has 0 saturated carbocycles. The van der Waals surface area contributed by atoms with Crippen molar-refractivity contribution in [3.05, 3.63) is 24.4 Å². The van der Waals surface area contributed by atoms with E-state index >= 15 is 0 Å². The number of hydrogen-bond donors (Lipinski definition) is 0. The molecule has 26 heavy (non-hydrogen) atoms. The van der Waals surface area contributed by atoms with Gasteiger partial charge in [0.15, 0.2) is 0 Å². The van der Waals surface area contributed by atoms with Crippen molar-refractivity contribution in [1.29, 1.82) is 0 Å². The van der Waals surface area contributed by atoms with E-state index in [0.29, 0.717) is 39.4 Å². The third kappa shape index (κ3) is 3.46. The molecule has 140 valence electrons. The van der Waals surface area contributed by atoms with Crippen LogP contribution in [-0.2, 0) is 14.8 Å². The van der Waals surface area contributed by atoms with Crippen LogP contribution in [-0.4, -0.2) is 81.4 Å². The lowest BCUT2D eigenvalue weighted by Crippen LogP contribution is -2.48. The molecule has 0 aromatic carbocycles. The van der Waals surface area contributed by atoms with E-state index in [1.807, 2.05) is 18.2 Å². The Kier molecular flexibility index (Phi) is 4.68. The number of aromatic nitrogens is 2. The predicted octanol–water partition coefficient (Wildman–Crippen LogP) is 0.548. The van der Waals surface area contributed by atoms with Crippen molar-refractivity contribution in [3.8, 4) is 0 Å². The molecule has 2 aliphatic rings. The van der Waals surface area contributed by atoms with E-state index in [-0.39, 0.29) is 0 Å². The summed E-state index contributed by atoms with van der Waals surface area (Å²) in [6.07, 6.45) is 3.05. The van der Waals surface area contributed by atoms with Crippen molar-refractivity contribution in [2.45, 2.75) is 0 Å². The fraction of sp³-hybridized carbons (Fsp3) is 0.529. The van der Waals surface area contributed by atoms with Crippen molar-refractivity contribution in [2.75, 3.05) is 68.5 Å². The molecule has 0 bridgehead atoms. The molecule has 0 N–H and O–H groups in total. The summed E-state index contributed by atoms with van der Waals surface area (Å²) in [5.74, 6) is 1.78. The van der Waals surface area contributed by atoms with Gasteiger partial charge in [-0.15, -0.1) is 0 Å². The molecule has 2 fully saturated rings. The van der Waals surface area contributed by atoms with E-state index in [2.05, 4.69) is 14.8 Å². The first-order valence-electron chi connectivity index (χ1n) is 8.81. The van der Waals surface area contributed by atoms with E-state index in [9.17, 15) is 8.42 Å². The Balaban J connectivity index is 1.67. The molecule has 2 saturated heterocycles. The zero-order chi connectivity index (χ0) is 18.1. The average molecular weight is 377 g/mol. The topological polar surface area (TPSA) is 78.9 Å². The third-order valence-corrected chi connectivity index (χ3v) is 6.21. The van der Waals surface area contributed by atoms with Gasteiger partial charge >= 0.3 is 0 Å². The molecule has 0 amide bonds. The molecule has 4 heterocycles. The molecule has 8 nitrogen and oxygen atoms in total. The maximum Gasteiger partial charge on any atom is 0.211 e. The lowest BCUT2D eigenvalue weighted by Gasteiger charge is -2.35. The Morgan fingerprint density at radius 1 is 1.04 bits per heavy atom. The standard InChI is InChI=1S/C17H23N5O3S/c1-26(23,24)22-7-5-21(6-8-22)17-14-3-2-4-18-15(14)13-16(19-17)20-9-11-25-12-10-20/h2-4,13H,5-12H2,1H3. The van der Waals surface area contributed by atoms with Crippen LogP contribution in [0, 0.1) is 0 Å². The number of piperazine rings is 1. The molecular weight excluding hydrogens is 354 g/mol. The fourth-order valence-corrected chi connectivity index (χ4v) is 4.30. The molecule has 0 radical (unpaired) electrons. The molecule has 0 aliphatic carbocycles. The largest absolute Gasteiger partial charge is 0.378 e. The average Bonchev–Trinajstić information content (AvgIpc) is 2.67. The minimum absolute atomic E-state index is 0.476. The van der Waals surface area contributed by atoms with Crippen molar-refractivity contribution in [1.82, 2.24) is 14.3 Å². The van der Waals surface area contributed by atoms with Crippen LogP contribution in [0.2, 0.25) is 0 Å². The van der Waals surface area contributed by atoms with Gasteiger partial charge in [0.2, 0.25) is 10.0 Å². The minimum Gasteiger partial charge on any atom is -0.378 e. The van der Waals surface area contributed by atoms with Crippen LogP contribution >= 0.6 is 0 Å². The summed E-state index contributed by atoms with van der Waals surface area (Å²) in [5.41, 5.74) is 0.907. The molecule has 0 spiro atoms. The van der Waals surface area contributed by atoms with Gasteiger partial charge in [-0.3, -0.25) is 4.98 Å². The summed E-state index contributed by atoms with van der Waals surface area (Å²) < 4.78 is 30.5. The second-order valence-electron chi connectivity index (χ2n) is 6.62. The summed E-state index contributed by atoms with van der Waals surface area (Å²) >= 11 is 0.